The highest BCUT2D eigenvalue weighted by molar-refractivity contribution is 6.33. The molecule has 122 valence electrons. The smallest absolute Gasteiger partial charge is 0.273 e. The van der Waals surface area contributed by atoms with Gasteiger partial charge in [0, 0.05) is 13.7 Å². The molecule has 1 amide bonds. The maximum absolute atomic E-state index is 12.3. The molecule has 2 atom stereocenters. The van der Waals surface area contributed by atoms with Gasteiger partial charge in [-0.1, -0.05) is 23.7 Å². The Bertz CT molecular complexity index is 688. The molecular weight excluding hydrogens is 320 g/mol. The first-order valence-electron chi connectivity index (χ1n) is 7.31. The van der Waals surface area contributed by atoms with Crippen LogP contribution in [0.15, 0.2) is 34.9 Å². The minimum Gasteiger partial charge on any atom is -0.444 e. The van der Waals surface area contributed by atoms with E-state index in [9.17, 15) is 4.79 Å². The van der Waals surface area contributed by atoms with E-state index in [1.165, 1.54) is 6.26 Å². The first-order valence-corrected chi connectivity index (χ1v) is 7.68. The minimum absolute atomic E-state index is 0.0670. The van der Waals surface area contributed by atoms with E-state index in [2.05, 4.69) is 10.3 Å². The topological polar surface area (TPSA) is 73.6 Å². The van der Waals surface area contributed by atoms with E-state index in [1.54, 1.807) is 19.2 Å². The molecule has 1 N–H and O–H groups in total. The predicted octanol–water partition coefficient (Wildman–Crippen LogP) is 2.53. The van der Waals surface area contributed by atoms with Crippen LogP contribution >= 0.6 is 11.6 Å². The highest BCUT2D eigenvalue weighted by atomic mass is 35.5. The number of oxazole rings is 1. The lowest BCUT2D eigenvalue weighted by Gasteiger charge is -2.30. The molecule has 1 aromatic heterocycles. The van der Waals surface area contributed by atoms with E-state index in [-0.39, 0.29) is 23.7 Å². The van der Waals surface area contributed by atoms with E-state index < -0.39 is 0 Å². The molecule has 0 saturated carbocycles. The fourth-order valence-corrected chi connectivity index (χ4v) is 2.73. The van der Waals surface area contributed by atoms with Crippen LogP contribution in [0, 0.1) is 0 Å². The highest BCUT2D eigenvalue weighted by Gasteiger charge is 2.28. The lowest BCUT2D eigenvalue weighted by atomic mass is 10.1. The number of halogens is 1. The van der Waals surface area contributed by atoms with Crippen molar-refractivity contribution in [2.75, 3.05) is 20.3 Å². The van der Waals surface area contributed by atoms with Gasteiger partial charge in [0.2, 0.25) is 5.89 Å². The van der Waals surface area contributed by atoms with Gasteiger partial charge in [0.15, 0.2) is 5.69 Å². The maximum atomic E-state index is 12.3. The molecule has 1 fully saturated rings. The van der Waals surface area contributed by atoms with Gasteiger partial charge < -0.3 is 19.2 Å². The first kappa shape index (κ1) is 16.0. The summed E-state index contributed by atoms with van der Waals surface area (Å²) in [4.78, 5) is 16.5. The minimum atomic E-state index is -0.329. The molecule has 0 aliphatic carbocycles. The number of amides is 1. The van der Waals surface area contributed by atoms with Gasteiger partial charge in [0.25, 0.3) is 5.91 Å². The van der Waals surface area contributed by atoms with Crippen molar-refractivity contribution in [3.63, 3.8) is 0 Å². The Kier molecular flexibility index (Phi) is 4.95. The third-order valence-electron chi connectivity index (χ3n) is 3.75. The molecule has 2 aromatic rings. The summed E-state index contributed by atoms with van der Waals surface area (Å²) in [5.74, 6) is -0.0199. The van der Waals surface area contributed by atoms with Crippen LogP contribution in [0.3, 0.4) is 0 Å². The average molecular weight is 337 g/mol. The molecular formula is C16H17ClN2O4. The molecule has 6 nitrogen and oxygen atoms in total. The van der Waals surface area contributed by atoms with E-state index in [4.69, 9.17) is 25.5 Å². The number of ether oxygens (including phenoxy) is 2. The fourth-order valence-electron chi connectivity index (χ4n) is 2.51. The van der Waals surface area contributed by atoms with Crippen molar-refractivity contribution in [2.45, 2.75) is 18.6 Å². The average Bonchev–Trinajstić information content (AvgIpc) is 3.05. The molecule has 0 spiro atoms. The number of nitrogens with zero attached hydrogens (tertiary/aromatic N) is 1. The second-order valence-electron chi connectivity index (χ2n) is 5.24. The number of carbonyl (C=O) groups excluding carboxylic acids is 1. The summed E-state index contributed by atoms with van der Waals surface area (Å²) >= 11 is 6.11. The standard InChI is InChI=1S/C16H17ClN2O4/c1-21-14-6-7-22-8-12(14)18-15(20)13-9-23-16(19-13)10-4-2-3-5-11(10)17/h2-5,9,12,14H,6-8H2,1H3,(H,18,20)/t12-,14-/m0/s1. The van der Waals surface area contributed by atoms with Crippen LogP contribution in [-0.2, 0) is 9.47 Å². The summed E-state index contributed by atoms with van der Waals surface area (Å²) in [6, 6.07) is 6.96. The van der Waals surface area contributed by atoms with Crippen LogP contribution in [0.2, 0.25) is 5.02 Å². The molecule has 0 unspecified atom stereocenters. The number of rotatable bonds is 4. The second-order valence-corrected chi connectivity index (χ2v) is 5.64. The van der Waals surface area contributed by atoms with Gasteiger partial charge >= 0.3 is 0 Å². The molecule has 1 aromatic carbocycles. The van der Waals surface area contributed by atoms with Crippen LogP contribution in [0.25, 0.3) is 11.5 Å². The van der Waals surface area contributed by atoms with Crippen molar-refractivity contribution < 1.29 is 18.7 Å². The Morgan fingerprint density at radius 2 is 2.26 bits per heavy atom. The normalized spacial score (nSPS) is 21.1. The van der Waals surface area contributed by atoms with Crippen molar-refractivity contribution in [2.24, 2.45) is 0 Å². The number of nitrogens with one attached hydrogen (secondary N) is 1. The van der Waals surface area contributed by atoms with Gasteiger partial charge in [-0.2, -0.15) is 0 Å². The monoisotopic (exact) mass is 336 g/mol. The van der Waals surface area contributed by atoms with Crippen LogP contribution in [0.4, 0.5) is 0 Å². The Balaban J connectivity index is 1.72. The number of hydrogen-bond acceptors (Lipinski definition) is 5. The molecule has 1 aliphatic heterocycles. The van der Waals surface area contributed by atoms with Crippen LogP contribution in [0.5, 0.6) is 0 Å². The van der Waals surface area contributed by atoms with Gasteiger partial charge in [-0.25, -0.2) is 4.98 Å². The molecule has 3 rings (SSSR count). The Labute approximate surface area is 138 Å². The van der Waals surface area contributed by atoms with E-state index in [0.29, 0.717) is 29.7 Å². The SMILES string of the molecule is CO[C@H]1CCOC[C@@H]1NC(=O)c1coc(-c2ccccc2Cl)n1. The van der Waals surface area contributed by atoms with Crippen LogP contribution < -0.4 is 5.32 Å². The van der Waals surface area contributed by atoms with Crippen molar-refractivity contribution in [1.29, 1.82) is 0 Å². The zero-order valence-electron chi connectivity index (χ0n) is 12.6. The summed E-state index contributed by atoms with van der Waals surface area (Å²) in [7, 11) is 1.63. The van der Waals surface area contributed by atoms with Gasteiger partial charge in [-0.15, -0.1) is 0 Å². The van der Waals surface area contributed by atoms with Crippen LogP contribution in [-0.4, -0.2) is 43.4 Å². The van der Waals surface area contributed by atoms with Crippen molar-refractivity contribution in [1.82, 2.24) is 10.3 Å². The third-order valence-corrected chi connectivity index (χ3v) is 4.08. The van der Waals surface area contributed by atoms with Crippen molar-refractivity contribution >= 4 is 17.5 Å². The third kappa shape index (κ3) is 3.55. The Morgan fingerprint density at radius 1 is 1.43 bits per heavy atom. The number of aromatic nitrogens is 1. The molecule has 1 saturated heterocycles. The lowest BCUT2D eigenvalue weighted by molar-refractivity contribution is -0.0349. The van der Waals surface area contributed by atoms with Gasteiger partial charge in [-0.05, 0) is 18.6 Å². The molecule has 0 radical (unpaired) electrons. The molecule has 1 aliphatic rings. The largest absolute Gasteiger partial charge is 0.444 e. The Morgan fingerprint density at radius 3 is 3.04 bits per heavy atom. The Hall–Kier alpha value is -1.89. The van der Waals surface area contributed by atoms with Gasteiger partial charge in [-0.3, -0.25) is 4.79 Å². The van der Waals surface area contributed by atoms with E-state index in [0.717, 1.165) is 6.42 Å². The van der Waals surface area contributed by atoms with E-state index >= 15 is 0 Å². The fraction of sp³-hybridized carbons (Fsp3) is 0.375. The molecule has 7 heteroatoms. The predicted molar refractivity (Wildman–Crippen MR) is 84.4 cm³/mol. The number of benzene rings is 1. The highest BCUT2D eigenvalue weighted by Crippen LogP contribution is 2.26. The zero-order valence-corrected chi connectivity index (χ0v) is 13.4. The summed E-state index contributed by atoms with van der Waals surface area (Å²) in [6.45, 7) is 1.05. The summed E-state index contributed by atoms with van der Waals surface area (Å²) in [5.41, 5.74) is 0.837. The van der Waals surface area contributed by atoms with Crippen molar-refractivity contribution in [3.05, 3.63) is 41.2 Å². The molecule has 23 heavy (non-hydrogen) atoms. The first-order chi connectivity index (χ1) is 11.2. The van der Waals surface area contributed by atoms with Gasteiger partial charge in [0.1, 0.15) is 6.26 Å². The number of hydrogen-bond donors (Lipinski definition) is 1. The quantitative estimate of drug-likeness (QED) is 0.928. The summed E-state index contributed by atoms with van der Waals surface area (Å²) < 4.78 is 16.1. The summed E-state index contributed by atoms with van der Waals surface area (Å²) in [5, 5.41) is 3.39. The van der Waals surface area contributed by atoms with Gasteiger partial charge in [0.05, 0.1) is 29.3 Å². The summed E-state index contributed by atoms with van der Waals surface area (Å²) in [6.07, 6.45) is 1.99. The molecule has 0 bridgehead atoms. The number of methoxy groups -OCH3 is 1. The lowest BCUT2D eigenvalue weighted by Crippen LogP contribution is -2.50. The second kappa shape index (κ2) is 7.12. The maximum Gasteiger partial charge on any atom is 0.273 e. The van der Waals surface area contributed by atoms with Crippen molar-refractivity contribution in [3.8, 4) is 11.5 Å². The number of carbonyl (C=O) groups is 1. The van der Waals surface area contributed by atoms with E-state index in [1.807, 2.05) is 12.1 Å². The zero-order chi connectivity index (χ0) is 16.2. The van der Waals surface area contributed by atoms with Crippen LogP contribution in [0.1, 0.15) is 16.9 Å². The molecule has 2 heterocycles.